The Bertz CT molecular complexity index is 346. The predicted molar refractivity (Wildman–Crippen MR) is 63.2 cm³/mol. The highest BCUT2D eigenvalue weighted by atomic mass is 79.9. The van der Waals surface area contributed by atoms with E-state index in [0.717, 1.165) is 11.8 Å². The predicted octanol–water partition coefficient (Wildman–Crippen LogP) is 1.71. The third-order valence-corrected chi connectivity index (χ3v) is 2.53. The minimum atomic E-state index is -0.198. The Kier molecular flexibility index (Phi) is 3.90. The van der Waals surface area contributed by atoms with E-state index in [2.05, 4.69) is 26.3 Å². The van der Waals surface area contributed by atoms with Crippen molar-refractivity contribution in [3.05, 3.63) is 18.0 Å². The first-order valence-electron chi connectivity index (χ1n) is 4.82. The average Bonchev–Trinajstić information content (AvgIpc) is 2.50. The third kappa shape index (κ3) is 3.66. The molecule has 0 spiro atoms. The van der Waals surface area contributed by atoms with Crippen molar-refractivity contribution in [3.8, 4) is 0 Å². The monoisotopic (exact) mass is 273 g/mol. The number of carbonyl (C=O) groups excluding carboxylic acids is 1. The first-order valence-corrected chi connectivity index (χ1v) is 5.94. The molecule has 84 valence electrons. The fourth-order valence-electron chi connectivity index (χ4n) is 1.22. The number of rotatable bonds is 4. The van der Waals surface area contributed by atoms with Gasteiger partial charge in [-0.3, -0.25) is 9.48 Å². The minimum absolute atomic E-state index is 0.0750. The molecule has 0 radical (unpaired) electrons. The first kappa shape index (κ1) is 12.2. The van der Waals surface area contributed by atoms with Crippen molar-refractivity contribution in [2.45, 2.75) is 25.8 Å². The maximum absolute atomic E-state index is 11.8. The van der Waals surface area contributed by atoms with Crippen LogP contribution in [-0.4, -0.2) is 26.6 Å². The van der Waals surface area contributed by atoms with E-state index in [1.54, 1.807) is 24.1 Å². The molecule has 0 aliphatic heterocycles. The van der Waals surface area contributed by atoms with Crippen LogP contribution in [0.4, 0.5) is 0 Å². The molecule has 0 fully saturated rings. The van der Waals surface area contributed by atoms with Crippen molar-refractivity contribution >= 4 is 21.8 Å². The quantitative estimate of drug-likeness (QED) is 0.850. The van der Waals surface area contributed by atoms with Crippen LogP contribution in [0.5, 0.6) is 0 Å². The van der Waals surface area contributed by atoms with Crippen LogP contribution < -0.4 is 5.32 Å². The second-order valence-electron chi connectivity index (χ2n) is 4.18. The van der Waals surface area contributed by atoms with Crippen LogP contribution in [0.15, 0.2) is 12.4 Å². The Labute approximate surface area is 98.2 Å². The molecule has 4 nitrogen and oxygen atoms in total. The molecular formula is C10H16BrN3O. The summed E-state index contributed by atoms with van der Waals surface area (Å²) in [5.74, 6) is -0.0750. The number of carbonyl (C=O) groups is 1. The van der Waals surface area contributed by atoms with Gasteiger partial charge in [-0.15, -0.1) is 0 Å². The molecule has 0 aliphatic carbocycles. The molecule has 0 saturated heterocycles. The van der Waals surface area contributed by atoms with Crippen LogP contribution in [0.2, 0.25) is 0 Å². The van der Waals surface area contributed by atoms with Crippen molar-refractivity contribution in [2.75, 3.05) is 5.33 Å². The number of nitrogens with zero attached hydrogens (tertiary/aromatic N) is 2. The van der Waals surface area contributed by atoms with E-state index in [-0.39, 0.29) is 11.4 Å². The van der Waals surface area contributed by atoms with Crippen molar-refractivity contribution in [2.24, 2.45) is 7.05 Å². The van der Waals surface area contributed by atoms with Crippen molar-refractivity contribution in [3.63, 3.8) is 0 Å². The summed E-state index contributed by atoms with van der Waals surface area (Å²) in [6, 6.07) is 0. The molecular weight excluding hydrogens is 258 g/mol. The van der Waals surface area contributed by atoms with Crippen LogP contribution in [0.1, 0.15) is 30.6 Å². The number of hydrogen-bond acceptors (Lipinski definition) is 2. The molecule has 15 heavy (non-hydrogen) atoms. The van der Waals surface area contributed by atoms with Gasteiger partial charge in [0.2, 0.25) is 0 Å². The summed E-state index contributed by atoms with van der Waals surface area (Å²) in [7, 11) is 1.79. The van der Waals surface area contributed by atoms with Gasteiger partial charge < -0.3 is 5.32 Å². The number of halogens is 1. The summed E-state index contributed by atoms with van der Waals surface area (Å²) >= 11 is 3.37. The van der Waals surface area contributed by atoms with Crippen LogP contribution in [0.25, 0.3) is 0 Å². The number of amides is 1. The van der Waals surface area contributed by atoms with Crippen molar-refractivity contribution in [1.82, 2.24) is 15.1 Å². The molecule has 1 N–H and O–H groups in total. The average molecular weight is 274 g/mol. The van der Waals surface area contributed by atoms with Gasteiger partial charge in [0.15, 0.2) is 0 Å². The smallest absolute Gasteiger partial charge is 0.254 e. The normalized spacial score (nSPS) is 11.5. The highest BCUT2D eigenvalue weighted by Gasteiger charge is 2.20. The lowest BCUT2D eigenvalue weighted by Gasteiger charge is -2.24. The minimum Gasteiger partial charge on any atom is -0.347 e. The zero-order valence-corrected chi connectivity index (χ0v) is 10.8. The maximum Gasteiger partial charge on any atom is 0.254 e. The summed E-state index contributed by atoms with van der Waals surface area (Å²) in [5, 5.41) is 7.79. The Morgan fingerprint density at radius 2 is 2.33 bits per heavy atom. The number of nitrogens with one attached hydrogen (secondary N) is 1. The lowest BCUT2D eigenvalue weighted by atomic mass is 10.0. The van der Waals surface area contributed by atoms with Crippen molar-refractivity contribution in [1.29, 1.82) is 0 Å². The fourth-order valence-corrected chi connectivity index (χ4v) is 2.21. The van der Waals surface area contributed by atoms with Gasteiger partial charge in [0.05, 0.1) is 11.8 Å². The number of hydrogen-bond donors (Lipinski definition) is 1. The summed E-state index contributed by atoms with van der Waals surface area (Å²) < 4.78 is 1.62. The molecule has 0 aromatic carbocycles. The zero-order valence-electron chi connectivity index (χ0n) is 9.25. The van der Waals surface area contributed by atoms with E-state index in [1.807, 2.05) is 13.8 Å². The zero-order chi connectivity index (χ0) is 11.5. The number of aryl methyl sites for hydroxylation is 1. The SMILES string of the molecule is Cn1cc(C(=O)NC(C)(C)CCBr)cn1. The second-order valence-corrected chi connectivity index (χ2v) is 4.97. The summed E-state index contributed by atoms with van der Waals surface area (Å²) in [5.41, 5.74) is 0.399. The van der Waals surface area contributed by atoms with Gasteiger partial charge in [-0.25, -0.2) is 0 Å². The highest BCUT2D eigenvalue weighted by Crippen LogP contribution is 2.11. The molecule has 0 saturated carbocycles. The van der Waals surface area contributed by atoms with Gasteiger partial charge in [0.25, 0.3) is 5.91 Å². The Morgan fingerprint density at radius 1 is 1.67 bits per heavy atom. The van der Waals surface area contributed by atoms with E-state index in [0.29, 0.717) is 5.56 Å². The van der Waals surface area contributed by atoms with Gasteiger partial charge in [-0.1, -0.05) is 15.9 Å². The van der Waals surface area contributed by atoms with E-state index in [9.17, 15) is 4.79 Å². The van der Waals surface area contributed by atoms with Gasteiger partial charge in [-0.05, 0) is 20.3 Å². The summed E-state index contributed by atoms with van der Waals surface area (Å²) in [6.45, 7) is 4.01. The van der Waals surface area contributed by atoms with Gasteiger partial charge in [0.1, 0.15) is 0 Å². The summed E-state index contributed by atoms with van der Waals surface area (Å²) in [6.07, 6.45) is 4.16. The maximum atomic E-state index is 11.8. The van der Waals surface area contributed by atoms with Crippen LogP contribution in [0.3, 0.4) is 0 Å². The number of aromatic nitrogens is 2. The Morgan fingerprint density at radius 3 is 2.80 bits per heavy atom. The largest absolute Gasteiger partial charge is 0.347 e. The molecule has 1 aromatic heterocycles. The molecule has 1 amide bonds. The fraction of sp³-hybridized carbons (Fsp3) is 0.600. The molecule has 5 heteroatoms. The summed E-state index contributed by atoms with van der Waals surface area (Å²) in [4.78, 5) is 11.8. The first-order chi connectivity index (χ1) is 6.94. The molecule has 0 aliphatic rings. The molecule has 1 rings (SSSR count). The van der Waals surface area contributed by atoms with E-state index < -0.39 is 0 Å². The lowest BCUT2D eigenvalue weighted by molar-refractivity contribution is 0.0912. The van der Waals surface area contributed by atoms with Gasteiger partial charge in [-0.2, -0.15) is 5.10 Å². The van der Waals surface area contributed by atoms with E-state index in [1.165, 1.54) is 0 Å². The van der Waals surface area contributed by atoms with Gasteiger partial charge >= 0.3 is 0 Å². The van der Waals surface area contributed by atoms with Crippen molar-refractivity contribution < 1.29 is 4.79 Å². The second kappa shape index (κ2) is 4.79. The van der Waals surface area contributed by atoms with Crippen LogP contribution >= 0.6 is 15.9 Å². The Hall–Kier alpha value is -0.840. The molecule has 1 heterocycles. The van der Waals surface area contributed by atoms with E-state index >= 15 is 0 Å². The number of alkyl halides is 1. The molecule has 0 bridgehead atoms. The highest BCUT2D eigenvalue weighted by molar-refractivity contribution is 9.09. The standard InChI is InChI=1S/C10H16BrN3O/c1-10(2,4-5-11)13-9(15)8-6-12-14(3)7-8/h6-7H,4-5H2,1-3H3,(H,13,15). The van der Waals surface area contributed by atoms with Gasteiger partial charge in [0, 0.05) is 24.1 Å². The molecule has 1 aromatic rings. The topological polar surface area (TPSA) is 46.9 Å². The third-order valence-electron chi connectivity index (χ3n) is 2.14. The van der Waals surface area contributed by atoms with Crippen LogP contribution in [0, 0.1) is 0 Å². The Balaban J connectivity index is 2.63. The molecule has 0 unspecified atom stereocenters. The lowest BCUT2D eigenvalue weighted by Crippen LogP contribution is -2.43. The molecule has 0 atom stereocenters. The van der Waals surface area contributed by atoms with Crippen LogP contribution in [-0.2, 0) is 7.05 Å². The van der Waals surface area contributed by atoms with E-state index in [4.69, 9.17) is 0 Å².